The van der Waals surface area contributed by atoms with Crippen molar-refractivity contribution in [2.45, 2.75) is 13.5 Å². The van der Waals surface area contributed by atoms with Crippen LogP contribution in [0.3, 0.4) is 0 Å². The zero-order chi connectivity index (χ0) is 17.6. The van der Waals surface area contributed by atoms with Crippen LogP contribution in [0.1, 0.15) is 11.1 Å². The van der Waals surface area contributed by atoms with Gasteiger partial charge in [0.1, 0.15) is 0 Å². The molecule has 0 unspecified atom stereocenters. The molecule has 25 heavy (non-hydrogen) atoms. The number of hydrogen-bond acceptors (Lipinski definition) is 4. The van der Waals surface area contributed by atoms with E-state index in [-0.39, 0.29) is 12.6 Å². The van der Waals surface area contributed by atoms with E-state index >= 15 is 0 Å². The van der Waals surface area contributed by atoms with E-state index in [1.807, 2.05) is 53.2 Å². The van der Waals surface area contributed by atoms with E-state index in [4.69, 9.17) is 5.11 Å². The summed E-state index contributed by atoms with van der Waals surface area (Å²) in [6, 6.07) is 7.79. The Balaban J connectivity index is 1.50. The predicted octanol–water partition coefficient (Wildman–Crippen LogP) is 1.38. The first-order valence-electron chi connectivity index (χ1n) is 8.61. The first-order valence-corrected chi connectivity index (χ1v) is 8.61. The smallest absolute Gasteiger partial charge is 0.321 e. The maximum absolute atomic E-state index is 12.3. The maximum atomic E-state index is 12.3. The number of hydrogen-bond donors (Lipinski definition) is 2. The van der Waals surface area contributed by atoms with Crippen LogP contribution in [0.5, 0.6) is 0 Å². The second kappa shape index (κ2) is 8.13. The molecule has 1 aromatic carbocycles. The van der Waals surface area contributed by atoms with Crippen molar-refractivity contribution in [1.82, 2.24) is 19.6 Å². The first kappa shape index (κ1) is 17.4. The van der Waals surface area contributed by atoms with Crippen molar-refractivity contribution in [2.24, 2.45) is 0 Å². The molecule has 0 spiro atoms. The fourth-order valence-electron chi connectivity index (χ4n) is 2.95. The molecule has 1 aromatic heterocycles. The van der Waals surface area contributed by atoms with Crippen LogP contribution in [-0.4, -0.2) is 70.0 Å². The minimum absolute atomic E-state index is 0.0703. The van der Waals surface area contributed by atoms with Gasteiger partial charge in [-0.3, -0.25) is 9.58 Å². The Morgan fingerprint density at radius 2 is 1.92 bits per heavy atom. The molecule has 0 bridgehead atoms. The van der Waals surface area contributed by atoms with Crippen molar-refractivity contribution in [3.8, 4) is 0 Å². The van der Waals surface area contributed by atoms with Gasteiger partial charge in [0.2, 0.25) is 0 Å². The van der Waals surface area contributed by atoms with Gasteiger partial charge < -0.3 is 15.3 Å². The molecule has 0 radical (unpaired) electrons. The van der Waals surface area contributed by atoms with Crippen LogP contribution >= 0.6 is 0 Å². The topological polar surface area (TPSA) is 73.6 Å². The summed E-state index contributed by atoms with van der Waals surface area (Å²) in [7, 11) is 0. The summed E-state index contributed by atoms with van der Waals surface area (Å²) in [5, 5.41) is 16.2. The molecule has 2 aromatic rings. The Bertz CT molecular complexity index is 690. The molecule has 0 aliphatic carbocycles. The third-order valence-electron chi connectivity index (χ3n) is 4.39. The van der Waals surface area contributed by atoms with Gasteiger partial charge in [-0.25, -0.2) is 4.79 Å². The van der Waals surface area contributed by atoms with E-state index in [0.717, 1.165) is 36.4 Å². The van der Waals surface area contributed by atoms with E-state index in [1.54, 1.807) is 0 Å². The van der Waals surface area contributed by atoms with Gasteiger partial charge in [-0.2, -0.15) is 5.10 Å². The summed E-state index contributed by atoms with van der Waals surface area (Å²) in [5.74, 6) is 0. The van der Waals surface area contributed by atoms with E-state index < -0.39 is 0 Å². The molecule has 2 heterocycles. The molecule has 1 saturated heterocycles. The summed E-state index contributed by atoms with van der Waals surface area (Å²) >= 11 is 0. The molecule has 0 atom stereocenters. The molecule has 1 aliphatic heterocycles. The van der Waals surface area contributed by atoms with E-state index in [0.29, 0.717) is 19.6 Å². The SMILES string of the molecule is Cc1cnn(Cc2ccc(NC(=O)N3CCN(CCO)CC3)cc2)c1. The summed E-state index contributed by atoms with van der Waals surface area (Å²) < 4.78 is 1.90. The maximum Gasteiger partial charge on any atom is 0.321 e. The number of aliphatic hydroxyl groups excluding tert-OH is 1. The predicted molar refractivity (Wildman–Crippen MR) is 96.6 cm³/mol. The lowest BCUT2D eigenvalue weighted by atomic mass is 10.2. The van der Waals surface area contributed by atoms with Crippen LogP contribution in [0.25, 0.3) is 0 Å². The molecule has 2 amide bonds. The van der Waals surface area contributed by atoms with Crippen LogP contribution < -0.4 is 5.32 Å². The highest BCUT2D eigenvalue weighted by molar-refractivity contribution is 5.89. The molecule has 7 heteroatoms. The summed E-state index contributed by atoms with van der Waals surface area (Å²) in [5.41, 5.74) is 3.07. The quantitative estimate of drug-likeness (QED) is 0.860. The molecule has 1 fully saturated rings. The number of urea groups is 1. The zero-order valence-corrected chi connectivity index (χ0v) is 14.6. The van der Waals surface area contributed by atoms with Crippen molar-refractivity contribution in [3.63, 3.8) is 0 Å². The Hall–Kier alpha value is -2.38. The average molecular weight is 343 g/mol. The second-order valence-electron chi connectivity index (χ2n) is 6.39. The van der Waals surface area contributed by atoms with Crippen molar-refractivity contribution in [3.05, 3.63) is 47.8 Å². The third-order valence-corrected chi connectivity index (χ3v) is 4.39. The highest BCUT2D eigenvalue weighted by atomic mass is 16.3. The molecule has 7 nitrogen and oxygen atoms in total. The molecule has 0 saturated carbocycles. The van der Waals surface area contributed by atoms with Crippen LogP contribution in [0.15, 0.2) is 36.7 Å². The number of aryl methyl sites for hydroxylation is 1. The normalized spacial score (nSPS) is 15.4. The average Bonchev–Trinajstić information content (AvgIpc) is 3.02. The number of aliphatic hydroxyl groups is 1. The number of anilines is 1. The Labute approximate surface area is 147 Å². The van der Waals surface area contributed by atoms with Gasteiger partial charge in [0.25, 0.3) is 0 Å². The van der Waals surface area contributed by atoms with Gasteiger partial charge >= 0.3 is 6.03 Å². The van der Waals surface area contributed by atoms with Crippen molar-refractivity contribution < 1.29 is 9.90 Å². The largest absolute Gasteiger partial charge is 0.395 e. The van der Waals surface area contributed by atoms with Gasteiger partial charge in [0.15, 0.2) is 0 Å². The Morgan fingerprint density at radius 1 is 1.20 bits per heavy atom. The van der Waals surface area contributed by atoms with Crippen LogP contribution in [0.2, 0.25) is 0 Å². The monoisotopic (exact) mass is 343 g/mol. The van der Waals surface area contributed by atoms with Gasteiger partial charge in [0, 0.05) is 44.6 Å². The number of carbonyl (C=O) groups is 1. The summed E-state index contributed by atoms with van der Waals surface area (Å²) in [6.45, 7) is 6.54. The number of nitrogens with one attached hydrogen (secondary N) is 1. The number of piperazine rings is 1. The molecule has 3 rings (SSSR count). The van der Waals surface area contributed by atoms with Gasteiger partial charge in [0.05, 0.1) is 19.3 Å². The molecule has 1 aliphatic rings. The number of rotatable bonds is 5. The minimum atomic E-state index is -0.0703. The number of β-amino-alcohol motifs (C(OH)–C–C–N with tert-alkyl or cyclic N) is 1. The summed E-state index contributed by atoms with van der Waals surface area (Å²) in [6.07, 6.45) is 3.85. The highest BCUT2D eigenvalue weighted by Crippen LogP contribution is 2.12. The lowest BCUT2D eigenvalue weighted by molar-refractivity contribution is 0.127. The van der Waals surface area contributed by atoms with Crippen molar-refractivity contribution in [1.29, 1.82) is 0 Å². The van der Waals surface area contributed by atoms with Crippen molar-refractivity contribution in [2.75, 3.05) is 44.6 Å². The molecule has 134 valence electrons. The van der Waals surface area contributed by atoms with E-state index in [2.05, 4.69) is 15.3 Å². The number of aromatic nitrogens is 2. The van der Waals surface area contributed by atoms with Crippen LogP contribution in [0, 0.1) is 6.92 Å². The molecular weight excluding hydrogens is 318 g/mol. The number of benzene rings is 1. The molecular formula is C18H25N5O2. The lowest BCUT2D eigenvalue weighted by Crippen LogP contribution is -2.50. The number of amides is 2. The van der Waals surface area contributed by atoms with Crippen LogP contribution in [-0.2, 0) is 6.54 Å². The first-order chi connectivity index (χ1) is 12.1. The van der Waals surface area contributed by atoms with Gasteiger partial charge in [-0.15, -0.1) is 0 Å². The highest BCUT2D eigenvalue weighted by Gasteiger charge is 2.20. The van der Waals surface area contributed by atoms with E-state index in [9.17, 15) is 4.79 Å². The van der Waals surface area contributed by atoms with Crippen LogP contribution in [0.4, 0.5) is 10.5 Å². The second-order valence-corrected chi connectivity index (χ2v) is 6.39. The summed E-state index contributed by atoms with van der Waals surface area (Å²) in [4.78, 5) is 16.3. The minimum Gasteiger partial charge on any atom is -0.395 e. The van der Waals surface area contributed by atoms with E-state index in [1.165, 1.54) is 0 Å². The lowest BCUT2D eigenvalue weighted by Gasteiger charge is -2.34. The Morgan fingerprint density at radius 3 is 2.52 bits per heavy atom. The molecule has 2 N–H and O–H groups in total. The van der Waals surface area contributed by atoms with Gasteiger partial charge in [-0.05, 0) is 30.2 Å². The number of carbonyl (C=O) groups excluding carboxylic acids is 1. The standard InChI is InChI=1S/C18H25N5O2/c1-15-12-19-23(13-15)14-16-2-4-17(5-3-16)20-18(25)22-8-6-21(7-9-22)10-11-24/h2-5,12-13,24H,6-11,14H2,1H3,(H,20,25). The van der Waals surface area contributed by atoms with Gasteiger partial charge in [-0.1, -0.05) is 12.1 Å². The third kappa shape index (κ3) is 4.80. The zero-order valence-electron chi connectivity index (χ0n) is 14.6. The Kier molecular flexibility index (Phi) is 5.67. The van der Waals surface area contributed by atoms with Crippen molar-refractivity contribution >= 4 is 11.7 Å². The fraction of sp³-hybridized carbons (Fsp3) is 0.444. The number of nitrogens with zero attached hydrogens (tertiary/aromatic N) is 4. The fourth-order valence-corrected chi connectivity index (χ4v) is 2.95.